The minimum atomic E-state index is -0.472. The standard InChI is InChI=1S/C16H14FN/c1-11(2)12-3-5-13(6-4-12)14-7-8-16(17)15(9-14)10-18/h3-9,11H,1-2H3. The zero-order valence-corrected chi connectivity index (χ0v) is 10.4. The van der Waals surface area contributed by atoms with Crippen molar-refractivity contribution in [2.45, 2.75) is 19.8 Å². The van der Waals surface area contributed by atoms with Crippen LogP contribution in [0.3, 0.4) is 0 Å². The molecule has 0 amide bonds. The molecule has 18 heavy (non-hydrogen) atoms. The predicted molar refractivity (Wildman–Crippen MR) is 70.6 cm³/mol. The molecule has 90 valence electrons. The largest absolute Gasteiger partial charge is 0.206 e. The highest BCUT2D eigenvalue weighted by Crippen LogP contribution is 2.24. The molecule has 2 heteroatoms. The summed E-state index contributed by atoms with van der Waals surface area (Å²) < 4.78 is 13.2. The van der Waals surface area contributed by atoms with Crippen molar-refractivity contribution in [3.8, 4) is 17.2 Å². The van der Waals surface area contributed by atoms with Gasteiger partial charge in [-0.15, -0.1) is 0 Å². The van der Waals surface area contributed by atoms with Crippen molar-refractivity contribution < 1.29 is 4.39 Å². The first-order valence-corrected chi connectivity index (χ1v) is 5.92. The molecule has 0 unspecified atom stereocenters. The second-order valence-corrected chi connectivity index (χ2v) is 4.58. The quantitative estimate of drug-likeness (QED) is 0.757. The topological polar surface area (TPSA) is 23.8 Å². The molecule has 0 saturated heterocycles. The van der Waals surface area contributed by atoms with Crippen molar-refractivity contribution in [2.24, 2.45) is 0 Å². The molecule has 1 nitrogen and oxygen atoms in total. The van der Waals surface area contributed by atoms with Crippen molar-refractivity contribution in [1.82, 2.24) is 0 Å². The van der Waals surface area contributed by atoms with Crippen LogP contribution >= 0.6 is 0 Å². The minimum absolute atomic E-state index is 0.0837. The molecule has 0 bridgehead atoms. The molecule has 0 aliphatic rings. The Morgan fingerprint density at radius 3 is 2.17 bits per heavy atom. The van der Waals surface area contributed by atoms with Gasteiger partial charge in [0.1, 0.15) is 11.9 Å². The Bertz CT molecular complexity index is 591. The number of hydrogen-bond donors (Lipinski definition) is 0. The summed E-state index contributed by atoms with van der Waals surface area (Å²) >= 11 is 0. The summed E-state index contributed by atoms with van der Waals surface area (Å²) in [5, 5.41) is 8.82. The molecular weight excluding hydrogens is 225 g/mol. The number of hydrogen-bond acceptors (Lipinski definition) is 1. The summed E-state index contributed by atoms with van der Waals surface area (Å²) in [7, 11) is 0. The number of benzene rings is 2. The fraction of sp³-hybridized carbons (Fsp3) is 0.188. The maximum Gasteiger partial charge on any atom is 0.140 e. The van der Waals surface area contributed by atoms with E-state index in [4.69, 9.17) is 5.26 Å². The molecule has 2 aromatic carbocycles. The van der Waals surface area contributed by atoms with Crippen LogP contribution in [0.1, 0.15) is 30.9 Å². The van der Waals surface area contributed by atoms with Crippen LogP contribution in [0, 0.1) is 17.1 Å². The summed E-state index contributed by atoms with van der Waals surface area (Å²) in [6, 6.07) is 14.6. The van der Waals surface area contributed by atoms with Crippen LogP contribution in [0.15, 0.2) is 42.5 Å². The van der Waals surface area contributed by atoms with Crippen LogP contribution in [0.2, 0.25) is 0 Å². The van der Waals surface area contributed by atoms with E-state index < -0.39 is 5.82 Å². The van der Waals surface area contributed by atoms with E-state index in [1.165, 1.54) is 11.6 Å². The van der Waals surface area contributed by atoms with Crippen molar-refractivity contribution >= 4 is 0 Å². The summed E-state index contributed by atoms with van der Waals surface area (Å²) in [6.07, 6.45) is 0. The highest BCUT2D eigenvalue weighted by atomic mass is 19.1. The van der Waals surface area contributed by atoms with Crippen LogP contribution in [0.25, 0.3) is 11.1 Å². The van der Waals surface area contributed by atoms with E-state index in [9.17, 15) is 4.39 Å². The molecule has 0 heterocycles. The molecule has 0 radical (unpaired) electrons. The predicted octanol–water partition coefficient (Wildman–Crippen LogP) is 4.49. The molecule has 0 saturated carbocycles. The highest BCUT2D eigenvalue weighted by Gasteiger charge is 2.05. The third-order valence-corrected chi connectivity index (χ3v) is 3.00. The van der Waals surface area contributed by atoms with Gasteiger partial charge in [0.2, 0.25) is 0 Å². The molecular formula is C16H14FN. The van der Waals surface area contributed by atoms with E-state index in [0.717, 1.165) is 11.1 Å². The Balaban J connectivity index is 2.40. The first-order valence-electron chi connectivity index (χ1n) is 5.92. The first kappa shape index (κ1) is 12.3. The summed E-state index contributed by atoms with van der Waals surface area (Å²) in [5.74, 6) is 0.0157. The molecule has 2 aromatic rings. The number of rotatable bonds is 2. The van der Waals surface area contributed by atoms with E-state index in [-0.39, 0.29) is 5.56 Å². The minimum Gasteiger partial charge on any atom is -0.206 e. The van der Waals surface area contributed by atoms with Crippen LogP contribution in [-0.2, 0) is 0 Å². The van der Waals surface area contributed by atoms with Crippen LogP contribution in [0.5, 0.6) is 0 Å². The second-order valence-electron chi connectivity index (χ2n) is 4.58. The first-order chi connectivity index (χ1) is 8.61. The average Bonchev–Trinajstić information content (AvgIpc) is 2.39. The van der Waals surface area contributed by atoms with Gasteiger partial charge in [-0.3, -0.25) is 0 Å². The zero-order chi connectivity index (χ0) is 13.1. The average molecular weight is 239 g/mol. The van der Waals surface area contributed by atoms with E-state index in [2.05, 4.69) is 26.0 Å². The molecule has 0 aliphatic heterocycles. The molecule has 2 rings (SSSR count). The highest BCUT2D eigenvalue weighted by molar-refractivity contribution is 5.65. The molecule has 0 atom stereocenters. The third-order valence-electron chi connectivity index (χ3n) is 3.00. The molecule has 0 fully saturated rings. The van der Waals surface area contributed by atoms with Crippen LogP contribution < -0.4 is 0 Å². The number of nitrogens with zero attached hydrogens (tertiary/aromatic N) is 1. The maximum atomic E-state index is 13.2. The zero-order valence-electron chi connectivity index (χ0n) is 10.4. The van der Waals surface area contributed by atoms with Gasteiger partial charge in [-0.1, -0.05) is 44.2 Å². The monoisotopic (exact) mass is 239 g/mol. The van der Waals surface area contributed by atoms with Crippen molar-refractivity contribution in [3.63, 3.8) is 0 Å². The fourth-order valence-electron chi connectivity index (χ4n) is 1.85. The SMILES string of the molecule is CC(C)c1ccc(-c2ccc(F)c(C#N)c2)cc1. The number of nitriles is 1. The summed E-state index contributed by atoms with van der Waals surface area (Å²) in [6.45, 7) is 4.28. The van der Waals surface area contributed by atoms with Gasteiger partial charge in [-0.25, -0.2) is 4.39 Å². The molecule has 0 aromatic heterocycles. The van der Waals surface area contributed by atoms with Crippen LogP contribution in [0.4, 0.5) is 4.39 Å². The van der Waals surface area contributed by atoms with Gasteiger partial charge in [0, 0.05) is 0 Å². The molecule has 0 N–H and O–H groups in total. The fourth-order valence-corrected chi connectivity index (χ4v) is 1.85. The van der Waals surface area contributed by atoms with Gasteiger partial charge in [-0.2, -0.15) is 5.26 Å². The Kier molecular flexibility index (Phi) is 3.43. The third kappa shape index (κ3) is 2.41. The maximum absolute atomic E-state index is 13.2. The van der Waals surface area contributed by atoms with Gasteiger partial charge in [-0.05, 0) is 34.7 Å². The van der Waals surface area contributed by atoms with E-state index in [1.54, 1.807) is 12.1 Å². The summed E-state index contributed by atoms with van der Waals surface area (Å²) in [5.41, 5.74) is 3.21. The Morgan fingerprint density at radius 1 is 1.00 bits per heavy atom. The van der Waals surface area contributed by atoms with Gasteiger partial charge in [0.15, 0.2) is 0 Å². The van der Waals surface area contributed by atoms with E-state index in [0.29, 0.717) is 5.92 Å². The van der Waals surface area contributed by atoms with Crippen molar-refractivity contribution in [2.75, 3.05) is 0 Å². The van der Waals surface area contributed by atoms with E-state index >= 15 is 0 Å². The molecule has 0 aliphatic carbocycles. The van der Waals surface area contributed by atoms with Crippen molar-refractivity contribution in [1.29, 1.82) is 5.26 Å². The van der Waals surface area contributed by atoms with Crippen molar-refractivity contribution in [3.05, 3.63) is 59.4 Å². The molecule has 0 spiro atoms. The van der Waals surface area contributed by atoms with Gasteiger partial charge < -0.3 is 0 Å². The summed E-state index contributed by atoms with van der Waals surface area (Å²) in [4.78, 5) is 0. The van der Waals surface area contributed by atoms with Gasteiger partial charge in [0.05, 0.1) is 5.56 Å². The lowest BCUT2D eigenvalue weighted by Gasteiger charge is -2.07. The normalized spacial score (nSPS) is 10.4. The van der Waals surface area contributed by atoms with Crippen LogP contribution in [-0.4, -0.2) is 0 Å². The number of halogens is 1. The lowest BCUT2D eigenvalue weighted by atomic mass is 9.98. The Labute approximate surface area is 107 Å². The Hall–Kier alpha value is -2.14. The second kappa shape index (κ2) is 5.01. The lowest BCUT2D eigenvalue weighted by molar-refractivity contribution is 0.624. The van der Waals surface area contributed by atoms with E-state index in [1.807, 2.05) is 18.2 Å². The Morgan fingerprint density at radius 2 is 1.61 bits per heavy atom. The van der Waals surface area contributed by atoms with Gasteiger partial charge in [0.25, 0.3) is 0 Å². The lowest BCUT2D eigenvalue weighted by Crippen LogP contribution is -1.88. The smallest absolute Gasteiger partial charge is 0.140 e. The van der Waals surface area contributed by atoms with Gasteiger partial charge >= 0.3 is 0 Å².